The molecule has 23 heavy (non-hydrogen) atoms. The van der Waals surface area contributed by atoms with Crippen molar-refractivity contribution in [3.05, 3.63) is 24.3 Å². The fourth-order valence-corrected chi connectivity index (χ4v) is 3.64. The number of allylic oxidation sites excluding steroid dienone is 2. The average Bonchev–Trinajstić information content (AvgIpc) is 2.92. The van der Waals surface area contributed by atoms with Crippen molar-refractivity contribution in [2.75, 3.05) is 12.4 Å². The van der Waals surface area contributed by atoms with Crippen LogP contribution in [0.25, 0.3) is 0 Å². The van der Waals surface area contributed by atoms with Gasteiger partial charge >= 0.3 is 0 Å². The minimum Gasteiger partial charge on any atom is -0.364 e. The third-order valence-electron chi connectivity index (χ3n) is 4.04. The van der Waals surface area contributed by atoms with Crippen LogP contribution in [0.15, 0.2) is 24.3 Å². The SMILES string of the molecule is C=CCC/C(C)=C\C(=O)N[C@@H]1CCOC(O)(C2CSC(=O)N2)C1. The molecule has 2 unspecified atom stereocenters. The van der Waals surface area contributed by atoms with Crippen molar-refractivity contribution in [1.82, 2.24) is 10.6 Å². The Morgan fingerprint density at radius 2 is 2.43 bits per heavy atom. The lowest BCUT2D eigenvalue weighted by molar-refractivity contribution is -0.240. The Bertz CT molecular complexity index is 508. The second-order valence-corrected chi connectivity index (χ2v) is 7.00. The van der Waals surface area contributed by atoms with Crippen LogP contribution in [-0.4, -0.2) is 46.5 Å². The molecule has 0 spiro atoms. The second-order valence-electron chi connectivity index (χ2n) is 6.01. The van der Waals surface area contributed by atoms with Gasteiger partial charge in [-0.2, -0.15) is 0 Å². The Morgan fingerprint density at radius 3 is 3.09 bits per heavy atom. The normalized spacial score (nSPS) is 31.6. The number of nitrogens with one attached hydrogen (secondary N) is 2. The molecule has 6 nitrogen and oxygen atoms in total. The van der Waals surface area contributed by atoms with Crippen LogP contribution in [0.3, 0.4) is 0 Å². The van der Waals surface area contributed by atoms with Crippen molar-refractivity contribution in [2.24, 2.45) is 0 Å². The maximum atomic E-state index is 12.1. The van der Waals surface area contributed by atoms with E-state index in [1.54, 1.807) is 6.08 Å². The summed E-state index contributed by atoms with van der Waals surface area (Å²) < 4.78 is 5.49. The zero-order valence-electron chi connectivity index (χ0n) is 13.3. The molecule has 3 atom stereocenters. The van der Waals surface area contributed by atoms with Crippen LogP contribution < -0.4 is 10.6 Å². The number of carbonyl (C=O) groups is 2. The van der Waals surface area contributed by atoms with E-state index in [1.165, 1.54) is 0 Å². The van der Waals surface area contributed by atoms with Gasteiger partial charge in [0, 0.05) is 24.3 Å². The molecule has 2 aliphatic rings. The van der Waals surface area contributed by atoms with Crippen molar-refractivity contribution in [2.45, 2.75) is 50.5 Å². The predicted molar refractivity (Wildman–Crippen MR) is 90.0 cm³/mol. The van der Waals surface area contributed by atoms with E-state index in [0.29, 0.717) is 18.8 Å². The molecule has 0 aromatic carbocycles. The van der Waals surface area contributed by atoms with Crippen LogP contribution >= 0.6 is 11.8 Å². The summed E-state index contributed by atoms with van der Waals surface area (Å²) in [7, 11) is 0. The Morgan fingerprint density at radius 1 is 1.65 bits per heavy atom. The van der Waals surface area contributed by atoms with Gasteiger partial charge in [0.2, 0.25) is 5.91 Å². The zero-order chi connectivity index (χ0) is 16.9. The quantitative estimate of drug-likeness (QED) is 0.506. The standard InChI is InChI=1S/C16H24N2O4S/c1-3-4-5-11(2)8-14(19)17-12-6-7-22-16(21,9-12)13-10-23-15(20)18-13/h3,8,12-13,21H,1,4-7,9-10H2,2H3,(H,17,19)(H,18,20)/b11-8-/t12-,13?,16?/m1/s1. The number of carbonyl (C=O) groups excluding carboxylic acids is 2. The van der Waals surface area contributed by atoms with Gasteiger partial charge in [-0.15, -0.1) is 6.58 Å². The van der Waals surface area contributed by atoms with Crippen molar-refractivity contribution in [1.29, 1.82) is 0 Å². The first-order chi connectivity index (χ1) is 10.9. The molecule has 0 radical (unpaired) electrons. The van der Waals surface area contributed by atoms with Crippen LogP contribution in [0.1, 0.15) is 32.6 Å². The van der Waals surface area contributed by atoms with Crippen molar-refractivity contribution in [3.8, 4) is 0 Å². The lowest BCUT2D eigenvalue weighted by Gasteiger charge is -2.40. The number of ether oxygens (including phenoxy) is 1. The molecule has 0 bridgehead atoms. The summed E-state index contributed by atoms with van der Waals surface area (Å²) in [4.78, 5) is 23.4. The van der Waals surface area contributed by atoms with Crippen molar-refractivity contribution >= 4 is 22.9 Å². The van der Waals surface area contributed by atoms with Crippen LogP contribution in [0, 0.1) is 0 Å². The summed E-state index contributed by atoms with van der Waals surface area (Å²) in [5, 5.41) is 16.1. The second kappa shape index (κ2) is 7.99. The first kappa shape index (κ1) is 18.0. The van der Waals surface area contributed by atoms with Gasteiger partial charge in [0.25, 0.3) is 5.24 Å². The summed E-state index contributed by atoms with van der Waals surface area (Å²) in [5.41, 5.74) is 0.990. The van der Waals surface area contributed by atoms with Gasteiger partial charge in [-0.05, 0) is 26.2 Å². The Hall–Kier alpha value is -1.31. The third-order valence-corrected chi connectivity index (χ3v) is 4.92. The van der Waals surface area contributed by atoms with Gasteiger partial charge in [-0.3, -0.25) is 9.59 Å². The summed E-state index contributed by atoms with van der Waals surface area (Å²) in [6.07, 6.45) is 5.96. The maximum Gasteiger partial charge on any atom is 0.279 e. The van der Waals surface area contributed by atoms with Crippen molar-refractivity contribution < 1.29 is 19.4 Å². The highest BCUT2D eigenvalue weighted by molar-refractivity contribution is 8.14. The predicted octanol–water partition coefficient (Wildman–Crippen LogP) is 1.71. The van der Waals surface area contributed by atoms with Gasteiger partial charge in [0.05, 0.1) is 12.6 Å². The van der Waals surface area contributed by atoms with E-state index in [-0.39, 0.29) is 23.6 Å². The van der Waals surface area contributed by atoms with E-state index >= 15 is 0 Å². The number of aliphatic hydroxyl groups is 1. The Labute approximate surface area is 140 Å². The molecule has 2 fully saturated rings. The van der Waals surface area contributed by atoms with Gasteiger partial charge in [0.1, 0.15) is 0 Å². The van der Waals surface area contributed by atoms with Crippen molar-refractivity contribution in [3.63, 3.8) is 0 Å². The summed E-state index contributed by atoms with van der Waals surface area (Å²) in [6.45, 7) is 5.92. The molecule has 7 heteroatoms. The molecule has 2 aliphatic heterocycles. The minimum atomic E-state index is -1.42. The molecular weight excluding hydrogens is 316 g/mol. The first-order valence-electron chi connectivity index (χ1n) is 7.81. The molecule has 0 saturated carbocycles. The fourth-order valence-electron chi connectivity index (χ4n) is 2.75. The maximum absolute atomic E-state index is 12.1. The highest BCUT2D eigenvalue weighted by Gasteiger charge is 2.46. The zero-order valence-corrected chi connectivity index (χ0v) is 14.2. The topological polar surface area (TPSA) is 87.7 Å². The largest absolute Gasteiger partial charge is 0.364 e. The van der Waals surface area contributed by atoms with Gasteiger partial charge < -0.3 is 20.5 Å². The summed E-state index contributed by atoms with van der Waals surface area (Å²) in [5.74, 6) is -1.11. The van der Waals surface area contributed by atoms with E-state index in [1.807, 2.05) is 13.0 Å². The highest BCUT2D eigenvalue weighted by atomic mass is 32.2. The molecule has 128 valence electrons. The third kappa shape index (κ3) is 5.09. The summed E-state index contributed by atoms with van der Waals surface area (Å²) >= 11 is 1.13. The van der Waals surface area contributed by atoms with Crippen LogP contribution in [0.5, 0.6) is 0 Å². The summed E-state index contributed by atoms with van der Waals surface area (Å²) in [6, 6.07) is -0.614. The molecule has 2 amide bonds. The molecule has 2 heterocycles. The van der Waals surface area contributed by atoms with E-state index in [9.17, 15) is 14.7 Å². The molecule has 2 saturated heterocycles. The Balaban J connectivity index is 1.89. The van der Waals surface area contributed by atoms with Crippen LogP contribution in [0.4, 0.5) is 4.79 Å². The van der Waals surface area contributed by atoms with Crippen LogP contribution in [-0.2, 0) is 9.53 Å². The molecule has 0 aliphatic carbocycles. The molecule has 2 rings (SSSR count). The van der Waals surface area contributed by atoms with Gasteiger partial charge in [-0.25, -0.2) is 0 Å². The molecule has 3 N–H and O–H groups in total. The van der Waals surface area contributed by atoms with Gasteiger partial charge in [-0.1, -0.05) is 23.4 Å². The number of hydrogen-bond donors (Lipinski definition) is 3. The van der Waals surface area contributed by atoms with E-state index < -0.39 is 11.8 Å². The highest BCUT2D eigenvalue weighted by Crippen LogP contribution is 2.31. The van der Waals surface area contributed by atoms with Gasteiger partial charge in [0.15, 0.2) is 5.79 Å². The Kier molecular flexibility index (Phi) is 6.26. The monoisotopic (exact) mass is 340 g/mol. The van der Waals surface area contributed by atoms with E-state index in [4.69, 9.17) is 4.74 Å². The number of hydrogen-bond acceptors (Lipinski definition) is 5. The van der Waals surface area contributed by atoms with E-state index in [0.717, 1.165) is 30.2 Å². The molecule has 0 aromatic rings. The molecule has 0 aromatic heterocycles. The molecular formula is C16H24N2O4S. The lowest BCUT2D eigenvalue weighted by atomic mass is 9.95. The lowest BCUT2D eigenvalue weighted by Crippen LogP contribution is -2.58. The fraction of sp³-hybridized carbons (Fsp3) is 0.625. The first-order valence-corrected chi connectivity index (χ1v) is 8.79. The number of rotatable bonds is 6. The average molecular weight is 340 g/mol. The van der Waals surface area contributed by atoms with Crippen LogP contribution in [0.2, 0.25) is 0 Å². The minimum absolute atomic E-state index is 0.154. The number of thioether (sulfide) groups is 1. The smallest absolute Gasteiger partial charge is 0.279 e. The van der Waals surface area contributed by atoms with E-state index in [2.05, 4.69) is 17.2 Å². The number of amides is 2.